The van der Waals surface area contributed by atoms with Crippen molar-refractivity contribution in [1.82, 2.24) is 0 Å². The van der Waals surface area contributed by atoms with Crippen LogP contribution in [0.15, 0.2) is 42.7 Å². The van der Waals surface area contributed by atoms with E-state index in [1.807, 2.05) is 0 Å². The maximum absolute atomic E-state index is 11.8. The summed E-state index contributed by atoms with van der Waals surface area (Å²) < 4.78 is 162. The fourth-order valence-corrected chi connectivity index (χ4v) is 7.13. The monoisotopic (exact) mass is 528 g/mol. The Morgan fingerprint density at radius 3 is 1.20 bits per heavy atom. The molecule has 2 aromatic rings. The lowest BCUT2D eigenvalue weighted by Gasteiger charge is -2.15. The summed E-state index contributed by atoms with van der Waals surface area (Å²) in [7, 11) is -28.5. The molecule has 5 N–H and O–H groups in total. The predicted molar refractivity (Wildman–Crippen MR) is 93.0 cm³/mol. The van der Waals surface area contributed by atoms with E-state index in [0.29, 0.717) is 0 Å². The number of hydrogen-bond donors (Lipinski definition) is 5. The molecule has 2 aromatic carbocycles. The van der Waals surface area contributed by atoms with Crippen LogP contribution in [0.1, 0.15) is 0 Å². The molecule has 0 bridgehead atoms. The van der Waals surface area contributed by atoms with Gasteiger partial charge in [0, 0.05) is 10.8 Å². The molecular weight excluding hydrogens is 520 g/mol. The molecular formula is C10H8O15S5. The van der Waals surface area contributed by atoms with Crippen LogP contribution in [0, 0.1) is 0 Å². The summed E-state index contributed by atoms with van der Waals surface area (Å²) in [6, 6.07) is 0.117. The summed E-state index contributed by atoms with van der Waals surface area (Å²) in [4.78, 5) is -9.16. The van der Waals surface area contributed by atoms with E-state index < -0.39 is 85.8 Å². The van der Waals surface area contributed by atoms with E-state index in [-0.39, 0.29) is 18.2 Å². The molecule has 30 heavy (non-hydrogen) atoms. The second kappa shape index (κ2) is 6.88. The van der Waals surface area contributed by atoms with E-state index in [9.17, 15) is 60.3 Å². The lowest BCUT2D eigenvalue weighted by molar-refractivity contribution is 0.457. The maximum Gasteiger partial charge on any atom is 0.297 e. The van der Waals surface area contributed by atoms with Crippen LogP contribution in [0.2, 0.25) is 0 Å². The Labute approximate surface area is 168 Å². The van der Waals surface area contributed by atoms with Crippen molar-refractivity contribution in [2.24, 2.45) is 0 Å². The molecule has 0 saturated heterocycles. The Bertz CT molecular complexity index is 1630. The second-order valence-corrected chi connectivity index (χ2v) is 12.3. The largest absolute Gasteiger partial charge is 0.297 e. The quantitative estimate of drug-likeness (QED) is 0.293. The van der Waals surface area contributed by atoms with E-state index in [4.69, 9.17) is 4.55 Å². The lowest BCUT2D eigenvalue weighted by atomic mass is 10.1. The molecule has 2 rings (SSSR count). The van der Waals surface area contributed by atoms with Gasteiger partial charge in [0.1, 0.15) is 19.6 Å². The Hall–Kier alpha value is -1.75. The van der Waals surface area contributed by atoms with Gasteiger partial charge in [-0.3, -0.25) is 22.8 Å². The summed E-state index contributed by atoms with van der Waals surface area (Å²) in [5, 5.41) is -2.60. The van der Waals surface area contributed by atoms with Gasteiger partial charge in [0.2, 0.25) is 0 Å². The van der Waals surface area contributed by atoms with Crippen molar-refractivity contribution < 1.29 is 64.9 Å². The molecule has 20 heteroatoms. The van der Waals surface area contributed by atoms with Gasteiger partial charge in [-0.05, 0) is 18.2 Å². The topological polar surface area (TPSA) is 272 Å². The van der Waals surface area contributed by atoms with E-state index in [1.165, 1.54) is 0 Å². The molecule has 15 nitrogen and oxygen atoms in total. The van der Waals surface area contributed by atoms with Gasteiger partial charge >= 0.3 is 0 Å². The van der Waals surface area contributed by atoms with Crippen LogP contribution in [-0.4, -0.2) is 64.9 Å². The van der Waals surface area contributed by atoms with Crippen molar-refractivity contribution in [1.29, 1.82) is 0 Å². The average Bonchev–Trinajstić information content (AvgIpc) is 2.47. The van der Waals surface area contributed by atoms with Crippen LogP contribution in [-0.2, 0) is 50.6 Å². The van der Waals surface area contributed by atoms with Crippen molar-refractivity contribution >= 4 is 61.4 Å². The van der Waals surface area contributed by atoms with Crippen molar-refractivity contribution in [2.75, 3.05) is 0 Å². The summed E-state index contributed by atoms with van der Waals surface area (Å²) in [5.74, 6) is 0. The highest BCUT2D eigenvalue weighted by molar-refractivity contribution is 7.91. The average molecular weight is 528 g/mol. The first kappa shape index (κ1) is 24.5. The molecule has 0 fully saturated rings. The molecule has 0 saturated carbocycles. The molecule has 0 unspecified atom stereocenters. The Morgan fingerprint density at radius 2 is 0.867 bits per heavy atom. The molecule has 0 spiro atoms. The molecule has 0 radical (unpaired) electrons. The molecule has 0 aromatic heterocycles. The van der Waals surface area contributed by atoms with Gasteiger partial charge in [0.25, 0.3) is 50.6 Å². The minimum Gasteiger partial charge on any atom is -0.282 e. The van der Waals surface area contributed by atoms with Gasteiger partial charge in [-0.2, -0.15) is 42.1 Å². The maximum atomic E-state index is 11.8. The zero-order valence-electron chi connectivity index (χ0n) is 13.6. The molecule has 0 amide bonds. The fraction of sp³-hybridized carbons (Fsp3) is 0. The van der Waals surface area contributed by atoms with Gasteiger partial charge in [0.15, 0.2) is 0 Å². The molecule has 0 aliphatic rings. The smallest absolute Gasteiger partial charge is 0.282 e. The van der Waals surface area contributed by atoms with Crippen LogP contribution < -0.4 is 0 Å². The standard InChI is InChI=1S/C10H8O15S5/c11-26(12,13)4-1-6-5(7(2-4)27(14,15)16)3-8(28(17,18)19)10(30(23,24)25)9(6)29(20,21)22/h1-3H,(H,11,12,13)(H,14,15,16)(H,17,18,19)(H,20,21,22)(H,23,24,25). The van der Waals surface area contributed by atoms with E-state index in [1.54, 1.807) is 0 Å². The summed E-state index contributed by atoms with van der Waals surface area (Å²) >= 11 is 0. The highest BCUT2D eigenvalue weighted by atomic mass is 32.2. The summed E-state index contributed by atoms with van der Waals surface area (Å²) in [6.07, 6.45) is 0. The van der Waals surface area contributed by atoms with Gasteiger partial charge in [-0.25, -0.2) is 0 Å². The van der Waals surface area contributed by atoms with Crippen molar-refractivity contribution in [3.05, 3.63) is 18.2 Å². The third kappa shape index (κ3) is 4.61. The Morgan fingerprint density at radius 1 is 0.433 bits per heavy atom. The van der Waals surface area contributed by atoms with Crippen LogP contribution in [0.25, 0.3) is 10.8 Å². The Balaban J connectivity index is 3.59. The number of fused-ring (bicyclic) bond motifs is 1. The first-order chi connectivity index (χ1) is 13.1. The van der Waals surface area contributed by atoms with Gasteiger partial charge < -0.3 is 0 Å². The van der Waals surface area contributed by atoms with Crippen LogP contribution in [0.3, 0.4) is 0 Å². The lowest BCUT2D eigenvalue weighted by Crippen LogP contribution is -2.16. The number of benzene rings is 2. The highest BCUT2D eigenvalue weighted by Crippen LogP contribution is 2.39. The zero-order chi connectivity index (χ0) is 23.7. The molecule has 0 heterocycles. The first-order valence-electron chi connectivity index (χ1n) is 6.58. The van der Waals surface area contributed by atoms with Crippen molar-refractivity contribution in [3.8, 4) is 0 Å². The van der Waals surface area contributed by atoms with E-state index in [0.717, 1.165) is 0 Å². The number of hydrogen-bond acceptors (Lipinski definition) is 10. The molecule has 0 aliphatic heterocycles. The van der Waals surface area contributed by atoms with Crippen molar-refractivity contribution in [2.45, 2.75) is 24.5 Å². The first-order valence-corrected chi connectivity index (χ1v) is 13.8. The molecule has 168 valence electrons. The summed E-state index contributed by atoms with van der Waals surface area (Å²) in [5.41, 5.74) is 0. The Kier molecular flexibility index (Phi) is 5.62. The minimum atomic E-state index is -5.92. The fourth-order valence-electron chi connectivity index (χ4n) is 2.42. The van der Waals surface area contributed by atoms with Gasteiger partial charge in [-0.15, -0.1) is 0 Å². The molecule has 0 atom stereocenters. The van der Waals surface area contributed by atoms with E-state index >= 15 is 0 Å². The van der Waals surface area contributed by atoms with Crippen molar-refractivity contribution in [3.63, 3.8) is 0 Å². The third-order valence-corrected chi connectivity index (χ3v) is 8.18. The minimum absolute atomic E-state index is 0.0284. The van der Waals surface area contributed by atoms with Crippen LogP contribution >= 0.6 is 0 Å². The third-order valence-electron chi connectivity index (χ3n) is 3.44. The van der Waals surface area contributed by atoms with Crippen LogP contribution in [0.4, 0.5) is 0 Å². The van der Waals surface area contributed by atoms with Gasteiger partial charge in [0.05, 0.1) is 4.90 Å². The van der Waals surface area contributed by atoms with Crippen LogP contribution in [0.5, 0.6) is 0 Å². The predicted octanol–water partition coefficient (Wildman–Crippen LogP) is -0.927. The normalized spacial score (nSPS) is 14.2. The van der Waals surface area contributed by atoms with E-state index in [2.05, 4.69) is 0 Å². The SMILES string of the molecule is O=S(=O)(O)c1cc(S(=O)(=O)O)c2cc(S(=O)(=O)O)c(S(=O)(=O)O)c(S(=O)(=O)O)c2c1. The number of rotatable bonds is 5. The summed E-state index contributed by atoms with van der Waals surface area (Å²) in [6.45, 7) is 0. The zero-order valence-corrected chi connectivity index (χ0v) is 17.7. The van der Waals surface area contributed by atoms with Gasteiger partial charge in [-0.1, -0.05) is 0 Å². The molecule has 0 aliphatic carbocycles. The second-order valence-electron chi connectivity index (χ2n) is 5.42. The highest BCUT2D eigenvalue weighted by Gasteiger charge is 2.36.